The fourth-order valence-electron chi connectivity index (χ4n) is 2.83. The van der Waals surface area contributed by atoms with Gasteiger partial charge < -0.3 is 15.4 Å². The molecule has 0 spiro atoms. The summed E-state index contributed by atoms with van der Waals surface area (Å²) >= 11 is 0. The van der Waals surface area contributed by atoms with Crippen molar-refractivity contribution in [2.24, 2.45) is 12.8 Å². The van der Waals surface area contributed by atoms with Crippen molar-refractivity contribution in [2.45, 2.75) is 38.3 Å². The first-order valence-electron chi connectivity index (χ1n) is 7.08. The molecule has 2 atom stereocenters. The van der Waals surface area contributed by atoms with Crippen LogP contribution in [0.3, 0.4) is 0 Å². The second-order valence-corrected chi connectivity index (χ2v) is 5.39. The molecule has 1 aliphatic rings. The molecule has 6 heteroatoms. The molecule has 0 aromatic carbocycles. The van der Waals surface area contributed by atoms with Crippen LogP contribution in [0.1, 0.15) is 36.6 Å². The van der Waals surface area contributed by atoms with Gasteiger partial charge >= 0.3 is 0 Å². The molecule has 2 rings (SSSR count). The zero-order valence-electron chi connectivity index (χ0n) is 12.5. The van der Waals surface area contributed by atoms with E-state index < -0.39 is 0 Å². The zero-order valence-corrected chi connectivity index (χ0v) is 12.5. The highest BCUT2D eigenvalue weighted by Gasteiger charge is 2.34. The van der Waals surface area contributed by atoms with Gasteiger partial charge in [-0.15, -0.1) is 0 Å². The third-order valence-corrected chi connectivity index (χ3v) is 4.12. The van der Waals surface area contributed by atoms with Crippen LogP contribution in [0.25, 0.3) is 0 Å². The van der Waals surface area contributed by atoms with Crippen LogP contribution in [-0.4, -0.2) is 46.9 Å². The predicted octanol–water partition coefficient (Wildman–Crippen LogP) is 0.756. The standard InChI is InChI=1S/C14H24N4O2/c1-10-11(9-16-17(10)2)14-12(15)5-4-6-13(19)18(14)7-8-20-3/h9,12,14H,4-8,15H2,1-3H3. The van der Waals surface area contributed by atoms with Crippen LogP contribution in [0.15, 0.2) is 6.20 Å². The molecule has 1 amide bonds. The number of hydrogen-bond acceptors (Lipinski definition) is 4. The molecule has 2 unspecified atom stereocenters. The van der Waals surface area contributed by atoms with Gasteiger partial charge in [-0.2, -0.15) is 5.10 Å². The maximum Gasteiger partial charge on any atom is 0.223 e. The second kappa shape index (κ2) is 6.37. The quantitative estimate of drug-likeness (QED) is 0.883. The minimum atomic E-state index is -0.103. The van der Waals surface area contributed by atoms with E-state index in [1.54, 1.807) is 7.11 Å². The third kappa shape index (κ3) is 2.86. The summed E-state index contributed by atoms with van der Waals surface area (Å²) in [6.45, 7) is 3.11. The van der Waals surface area contributed by atoms with Crippen LogP contribution in [0.5, 0.6) is 0 Å². The van der Waals surface area contributed by atoms with Crippen LogP contribution in [0.4, 0.5) is 0 Å². The highest BCUT2D eigenvalue weighted by Crippen LogP contribution is 2.31. The Morgan fingerprint density at radius 2 is 2.30 bits per heavy atom. The number of ether oxygens (including phenoxy) is 1. The van der Waals surface area contributed by atoms with E-state index in [0.717, 1.165) is 24.1 Å². The van der Waals surface area contributed by atoms with Crippen molar-refractivity contribution in [1.29, 1.82) is 0 Å². The summed E-state index contributed by atoms with van der Waals surface area (Å²) in [5.41, 5.74) is 8.45. The van der Waals surface area contributed by atoms with E-state index >= 15 is 0 Å². The molecule has 2 heterocycles. The van der Waals surface area contributed by atoms with Crippen LogP contribution in [-0.2, 0) is 16.6 Å². The van der Waals surface area contributed by atoms with Gasteiger partial charge in [0.15, 0.2) is 0 Å². The molecule has 0 saturated carbocycles. The number of rotatable bonds is 4. The minimum Gasteiger partial charge on any atom is -0.383 e. The average molecular weight is 280 g/mol. The fourth-order valence-corrected chi connectivity index (χ4v) is 2.83. The Bertz CT molecular complexity index is 472. The number of likely N-dealkylation sites (tertiary alicyclic amines) is 1. The topological polar surface area (TPSA) is 73.4 Å². The zero-order chi connectivity index (χ0) is 14.7. The summed E-state index contributed by atoms with van der Waals surface area (Å²) in [7, 11) is 3.55. The number of aromatic nitrogens is 2. The predicted molar refractivity (Wildman–Crippen MR) is 76.1 cm³/mol. The average Bonchev–Trinajstić information content (AvgIpc) is 2.67. The van der Waals surface area contributed by atoms with Crippen molar-refractivity contribution in [1.82, 2.24) is 14.7 Å². The van der Waals surface area contributed by atoms with E-state index in [-0.39, 0.29) is 18.0 Å². The summed E-state index contributed by atoms with van der Waals surface area (Å²) in [4.78, 5) is 14.2. The maximum absolute atomic E-state index is 12.4. The number of nitrogens with zero attached hydrogens (tertiary/aromatic N) is 3. The second-order valence-electron chi connectivity index (χ2n) is 5.39. The molecule has 1 aromatic heterocycles. The largest absolute Gasteiger partial charge is 0.383 e. The number of methoxy groups -OCH3 is 1. The smallest absolute Gasteiger partial charge is 0.223 e. The van der Waals surface area contributed by atoms with E-state index in [2.05, 4.69) is 5.10 Å². The molecule has 0 aliphatic carbocycles. The number of carbonyl (C=O) groups is 1. The van der Waals surface area contributed by atoms with Gasteiger partial charge in [-0.05, 0) is 19.8 Å². The summed E-state index contributed by atoms with van der Waals surface area (Å²) in [5.74, 6) is 0.156. The molecular weight excluding hydrogens is 256 g/mol. The Hall–Kier alpha value is -1.40. The van der Waals surface area contributed by atoms with Gasteiger partial charge in [-0.1, -0.05) is 0 Å². The van der Waals surface area contributed by atoms with Gasteiger partial charge in [-0.3, -0.25) is 9.48 Å². The lowest BCUT2D eigenvalue weighted by Crippen LogP contribution is -2.43. The monoisotopic (exact) mass is 280 g/mol. The Morgan fingerprint density at radius 3 is 2.90 bits per heavy atom. The van der Waals surface area contributed by atoms with Crippen molar-refractivity contribution in [3.05, 3.63) is 17.5 Å². The lowest BCUT2D eigenvalue weighted by Gasteiger charge is -2.33. The van der Waals surface area contributed by atoms with Gasteiger partial charge in [0.1, 0.15) is 0 Å². The number of hydrogen-bond donors (Lipinski definition) is 1. The van der Waals surface area contributed by atoms with Crippen molar-refractivity contribution in [3.63, 3.8) is 0 Å². The van der Waals surface area contributed by atoms with Crippen molar-refractivity contribution >= 4 is 5.91 Å². The van der Waals surface area contributed by atoms with Gasteiger partial charge in [0.25, 0.3) is 0 Å². The highest BCUT2D eigenvalue weighted by atomic mass is 16.5. The molecule has 112 valence electrons. The van der Waals surface area contributed by atoms with E-state index in [4.69, 9.17) is 10.5 Å². The molecule has 6 nitrogen and oxygen atoms in total. The number of carbonyl (C=O) groups excluding carboxylic acids is 1. The summed E-state index contributed by atoms with van der Waals surface area (Å²) in [5, 5.41) is 4.29. The Balaban J connectivity index is 2.35. The molecule has 2 N–H and O–H groups in total. The molecular formula is C14H24N4O2. The number of amides is 1. The van der Waals surface area contributed by atoms with Crippen molar-refractivity contribution in [2.75, 3.05) is 20.3 Å². The van der Waals surface area contributed by atoms with E-state index in [0.29, 0.717) is 19.6 Å². The Labute approximate surface area is 119 Å². The van der Waals surface area contributed by atoms with Crippen molar-refractivity contribution < 1.29 is 9.53 Å². The number of aryl methyl sites for hydroxylation is 1. The summed E-state index contributed by atoms with van der Waals surface area (Å²) in [6.07, 6.45) is 4.10. The van der Waals surface area contributed by atoms with E-state index in [9.17, 15) is 4.79 Å². The van der Waals surface area contributed by atoms with E-state index in [1.807, 2.05) is 29.7 Å². The molecule has 1 fully saturated rings. The normalized spacial score (nSPS) is 24.0. The lowest BCUT2D eigenvalue weighted by atomic mass is 9.97. The summed E-state index contributed by atoms with van der Waals surface area (Å²) in [6, 6.07) is -0.157. The lowest BCUT2D eigenvalue weighted by molar-refractivity contribution is -0.134. The van der Waals surface area contributed by atoms with Crippen molar-refractivity contribution in [3.8, 4) is 0 Å². The number of nitrogens with two attached hydrogens (primary N) is 1. The molecule has 1 aromatic rings. The van der Waals surface area contributed by atoms with Crippen LogP contribution in [0, 0.1) is 6.92 Å². The van der Waals surface area contributed by atoms with Gasteiger partial charge in [-0.25, -0.2) is 0 Å². The SMILES string of the molecule is COCCN1C(=O)CCCC(N)C1c1cnn(C)c1C. The van der Waals surface area contributed by atoms with Gasteiger partial charge in [0, 0.05) is 44.4 Å². The van der Waals surface area contributed by atoms with Crippen LogP contribution >= 0.6 is 0 Å². The molecule has 1 saturated heterocycles. The first-order chi connectivity index (χ1) is 9.56. The van der Waals surface area contributed by atoms with Crippen LogP contribution in [0.2, 0.25) is 0 Å². The molecule has 1 aliphatic heterocycles. The molecule has 0 bridgehead atoms. The Morgan fingerprint density at radius 1 is 1.55 bits per heavy atom. The summed E-state index contributed by atoms with van der Waals surface area (Å²) < 4.78 is 6.96. The fraction of sp³-hybridized carbons (Fsp3) is 0.714. The first kappa shape index (κ1) is 15.0. The minimum absolute atomic E-state index is 0.0544. The van der Waals surface area contributed by atoms with Gasteiger partial charge in [0.05, 0.1) is 18.8 Å². The highest BCUT2D eigenvalue weighted by molar-refractivity contribution is 5.77. The Kier molecular flexibility index (Phi) is 4.77. The van der Waals surface area contributed by atoms with Crippen LogP contribution < -0.4 is 5.73 Å². The van der Waals surface area contributed by atoms with E-state index in [1.165, 1.54) is 0 Å². The maximum atomic E-state index is 12.4. The third-order valence-electron chi connectivity index (χ3n) is 4.12. The molecule has 20 heavy (non-hydrogen) atoms. The molecule has 0 radical (unpaired) electrons. The van der Waals surface area contributed by atoms with Gasteiger partial charge in [0.2, 0.25) is 5.91 Å². The first-order valence-corrected chi connectivity index (χ1v) is 7.08.